The summed E-state index contributed by atoms with van der Waals surface area (Å²) in [5.74, 6) is -1.75. The van der Waals surface area contributed by atoms with Crippen LogP contribution >= 0.6 is 0 Å². The lowest BCUT2D eigenvalue weighted by atomic mass is 9.72. The number of rotatable bonds is 7. The second kappa shape index (κ2) is 20.1. The zero-order valence-electron chi connectivity index (χ0n) is 39.0. The van der Waals surface area contributed by atoms with Gasteiger partial charge in [-0.3, -0.25) is 0 Å². The molecule has 3 N–H and O–H groups in total. The van der Waals surface area contributed by atoms with E-state index in [1.165, 1.54) is 19.3 Å². The molecule has 0 aromatic carbocycles. The van der Waals surface area contributed by atoms with Crippen LogP contribution in [0.15, 0.2) is 59.3 Å². The Balaban J connectivity index is 1.08. The van der Waals surface area contributed by atoms with Crippen molar-refractivity contribution in [2.45, 2.75) is 203 Å². The van der Waals surface area contributed by atoms with Crippen LogP contribution in [-0.2, 0) is 52.2 Å². The van der Waals surface area contributed by atoms with Crippen molar-refractivity contribution in [3.8, 4) is 0 Å². The highest BCUT2D eigenvalue weighted by Crippen LogP contribution is 2.47. The minimum Gasteiger partial charge on any atom is -0.459 e. The second-order valence-electron chi connectivity index (χ2n) is 20.0. The van der Waals surface area contributed by atoms with Gasteiger partial charge in [0, 0.05) is 57.7 Å². The molecule has 2 bridgehead atoms. The predicted molar refractivity (Wildman–Crippen MR) is 234 cm³/mol. The summed E-state index contributed by atoms with van der Waals surface area (Å²) in [7, 11) is 3.23. The summed E-state index contributed by atoms with van der Waals surface area (Å²) in [6.45, 7) is 11.9. The SMILES string of the molecule is CO[C@H]1C[C@H](O[C@H]2[C@H](C)O[C@@H](O[C@@H]3C(C)=CC[C@@H]4CC(C[C@]5(C=C[C@H](C)[C@@H](C6CCCCC6)O5)O4)OC(=O)C4=C[C@H](C)[C@@H](O)[C@H]5OCC(=CC=C[C@@H]3C)[C@@]45O)C[C@@H]2OC)O[C@@H](C)[C@@H]1O. The van der Waals surface area contributed by atoms with Gasteiger partial charge in [0.2, 0.25) is 0 Å². The Bertz CT molecular complexity index is 1790. The fraction of sp³-hybridized carbons (Fsp3) is 0.780. The normalized spacial score (nSPS) is 47.1. The van der Waals surface area contributed by atoms with Crippen molar-refractivity contribution in [3.05, 3.63) is 59.3 Å². The third-order valence-electron chi connectivity index (χ3n) is 15.4. The van der Waals surface area contributed by atoms with E-state index in [9.17, 15) is 20.1 Å². The molecule has 1 saturated carbocycles. The average Bonchev–Trinajstić information content (AvgIpc) is 3.62. The summed E-state index contributed by atoms with van der Waals surface area (Å²) in [4.78, 5) is 14.4. The number of esters is 1. The number of ether oxygens (including phenoxy) is 10. The molecule has 1 spiro atoms. The Kier molecular flexibility index (Phi) is 15.1. The van der Waals surface area contributed by atoms with Gasteiger partial charge in [-0.2, -0.15) is 0 Å². The van der Waals surface area contributed by atoms with Crippen molar-refractivity contribution in [1.82, 2.24) is 0 Å². The smallest absolute Gasteiger partial charge is 0.337 e. The summed E-state index contributed by atoms with van der Waals surface area (Å²) < 4.78 is 64.1. The van der Waals surface area contributed by atoms with Gasteiger partial charge >= 0.3 is 5.97 Å². The molecule has 14 heteroatoms. The molecule has 0 aromatic rings. The van der Waals surface area contributed by atoms with Crippen LogP contribution in [0.3, 0.4) is 0 Å². The molecular weight excluding hydrogens is 825 g/mol. The number of aliphatic hydroxyl groups excluding tert-OH is 2. The van der Waals surface area contributed by atoms with Gasteiger partial charge in [0.05, 0.1) is 61.0 Å². The van der Waals surface area contributed by atoms with Crippen LogP contribution in [0, 0.1) is 23.7 Å². The molecular formula is C50H74O14. The quantitative estimate of drug-likeness (QED) is 0.204. The number of hydrogen-bond acceptors (Lipinski definition) is 14. The van der Waals surface area contributed by atoms with Gasteiger partial charge in [-0.25, -0.2) is 4.79 Å². The molecule has 14 nitrogen and oxygen atoms in total. The lowest BCUT2D eigenvalue weighted by Crippen LogP contribution is -2.56. The van der Waals surface area contributed by atoms with E-state index in [1.807, 2.05) is 32.1 Å². The predicted octanol–water partition coefficient (Wildman–Crippen LogP) is 5.91. The molecule has 19 atom stereocenters. The largest absolute Gasteiger partial charge is 0.459 e. The monoisotopic (exact) mass is 899 g/mol. The molecule has 4 saturated heterocycles. The molecule has 8 rings (SSSR count). The Morgan fingerprint density at radius 2 is 1.52 bits per heavy atom. The van der Waals surface area contributed by atoms with E-state index in [-0.39, 0.29) is 42.3 Å². The number of carbonyl (C=O) groups is 1. The van der Waals surface area contributed by atoms with Crippen LogP contribution in [0.2, 0.25) is 0 Å². The van der Waals surface area contributed by atoms with Crippen molar-refractivity contribution >= 4 is 5.97 Å². The molecule has 1 unspecified atom stereocenters. The summed E-state index contributed by atoms with van der Waals surface area (Å²) in [5, 5.41) is 34.3. The van der Waals surface area contributed by atoms with Crippen LogP contribution in [-0.4, -0.2) is 139 Å². The Hall–Kier alpha value is -2.31. The molecule has 5 fully saturated rings. The minimum atomic E-state index is -1.89. The van der Waals surface area contributed by atoms with E-state index in [0.717, 1.165) is 18.4 Å². The molecule has 0 aromatic heterocycles. The van der Waals surface area contributed by atoms with Gasteiger partial charge in [-0.15, -0.1) is 0 Å². The lowest BCUT2D eigenvalue weighted by Gasteiger charge is -2.49. The van der Waals surface area contributed by atoms with Gasteiger partial charge in [0.15, 0.2) is 18.4 Å². The summed E-state index contributed by atoms with van der Waals surface area (Å²) in [6.07, 6.45) is 13.8. The number of allylic oxidation sites excluding steroid dienone is 2. The maximum Gasteiger partial charge on any atom is 0.337 e. The molecule has 8 aliphatic rings. The van der Waals surface area contributed by atoms with Crippen LogP contribution in [0.5, 0.6) is 0 Å². The fourth-order valence-corrected chi connectivity index (χ4v) is 11.6. The first-order chi connectivity index (χ1) is 30.6. The third-order valence-corrected chi connectivity index (χ3v) is 15.4. The number of fused-ring (bicyclic) bond motifs is 2. The van der Waals surface area contributed by atoms with Crippen molar-refractivity contribution in [2.24, 2.45) is 23.7 Å². The van der Waals surface area contributed by atoms with Crippen LogP contribution in [0.4, 0.5) is 0 Å². The summed E-state index contributed by atoms with van der Waals surface area (Å²) in [5.41, 5.74) is -0.390. The fourth-order valence-electron chi connectivity index (χ4n) is 11.6. The zero-order valence-corrected chi connectivity index (χ0v) is 39.0. The van der Waals surface area contributed by atoms with Gasteiger partial charge in [0.1, 0.15) is 30.0 Å². The van der Waals surface area contributed by atoms with Gasteiger partial charge < -0.3 is 62.7 Å². The summed E-state index contributed by atoms with van der Waals surface area (Å²) in [6, 6.07) is 0. The van der Waals surface area contributed by atoms with E-state index in [0.29, 0.717) is 43.6 Å². The van der Waals surface area contributed by atoms with Gasteiger partial charge in [0.25, 0.3) is 0 Å². The number of hydrogen-bond donors (Lipinski definition) is 3. The molecule has 2 aliphatic carbocycles. The van der Waals surface area contributed by atoms with Crippen molar-refractivity contribution in [2.75, 3.05) is 20.8 Å². The standard InChI is InChI=1S/C50H74O14/c1-27-13-12-16-34-26-57-47-42(51)30(4)21-37(50(34,47)54)48(53)60-36-22-35(63-49(25-36)20-19-29(3)45(64-49)33-14-10-9-11-15-33)18-17-28(2)44(27)61-41-24-39(56-8)46(32(6)59-41)62-40-23-38(55-7)43(52)31(5)58-40/h12-13,16-17,19-21,27,29-33,35-36,38-47,51-52,54H,9-11,14-15,18,22-26H2,1-8H3/t27-,29-,30-,31-,32-,35+,36?,38-,39-,40-,41-,42+,43-,44-,45-,46-,47+,49+,50+/m0/s1. The van der Waals surface area contributed by atoms with E-state index >= 15 is 0 Å². The highest BCUT2D eigenvalue weighted by molar-refractivity contribution is 5.93. The number of carbonyl (C=O) groups excluding carboxylic acids is 1. The van der Waals surface area contributed by atoms with Crippen molar-refractivity contribution in [3.63, 3.8) is 0 Å². The second-order valence-corrected chi connectivity index (χ2v) is 20.0. The third kappa shape index (κ3) is 9.82. The molecule has 358 valence electrons. The van der Waals surface area contributed by atoms with Gasteiger partial charge in [-0.1, -0.05) is 76.5 Å². The molecule has 0 radical (unpaired) electrons. The Morgan fingerprint density at radius 1 is 0.797 bits per heavy atom. The summed E-state index contributed by atoms with van der Waals surface area (Å²) >= 11 is 0. The van der Waals surface area contributed by atoms with Crippen LogP contribution < -0.4 is 0 Å². The molecule has 6 aliphatic heterocycles. The minimum absolute atomic E-state index is 0.0260. The number of aliphatic hydroxyl groups is 3. The maximum absolute atomic E-state index is 14.4. The van der Waals surface area contributed by atoms with Crippen molar-refractivity contribution in [1.29, 1.82) is 0 Å². The number of methoxy groups -OCH3 is 2. The maximum atomic E-state index is 14.4. The van der Waals surface area contributed by atoms with E-state index < -0.39 is 90.8 Å². The molecule has 0 amide bonds. The van der Waals surface area contributed by atoms with E-state index in [2.05, 4.69) is 32.9 Å². The highest BCUT2D eigenvalue weighted by atomic mass is 16.7. The highest BCUT2D eigenvalue weighted by Gasteiger charge is 2.59. The first-order valence-corrected chi connectivity index (χ1v) is 24.0. The van der Waals surface area contributed by atoms with Crippen LogP contribution in [0.1, 0.15) is 106 Å². The molecule has 64 heavy (non-hydrogen) atoms. The Labute approximate surface area is 379 Å². The molecule has 6 heterocycles. The average molecular weight is 899 g/mol. The lowest BCUT2D eigenvalue weighted by molar-refractivity contribution is -0.318. The Morgan fingerprint density at radius 3 is 2.27 bits per heavy atom. The van der Waals surface area contributed by atoms with Gasteiger partial charge in [-0.05, 0) is 63.2 Å². The first kappa shape index (κ1) is 48.2. The zero-order chi connectivity index (χ0) is 45.5. The topological polar surface area (TPSA) is 170 Å². The van der Waals surface area contributed by atoms with Crippen LogP contribution in [0.25, 0.3) is 0 Å². The van der Waals surface area contributed by atoms with Crippen molar-refractivity contribution < 1.29 is 67.5 Å². The van der Waals surface area contributed by atoms with E-state index in [1.54, 1.807) is 33.3 Å². The van der Waals surface area contributed by atoms with E-state index in [4.69, 9.17) is 47.4 Å². The first-order valence-electron chi connectivity index (χ1n) is 24.0.